The van der Waals surface area contributed by atoms with E-state index in [4.69, 9.17) is 0 Å². The van der Waals surface area contributed by atoms with Gasteiger partial charge in [-0.3, -0.25) is 0 Å². The summed E-state index contributed by atoms with van der Waals surface area (Å²) in [5.74, 6) is 0. The highest BCUT2D eigenvalue weighted by Gasteiger charge is 2.46. The SMILES string of the molecule is C=Cc1ccc([P+](C/C(=C\CCC(C)(C)CC)CC(C)(C)CC)(c2ccccc2)c2ccccc2)cc1. The van der Waals surface area contributed by atoms with Gasteiger partial charge in [-0.1, -0.05) is 122 Å². The number of hydrogen-bond acceptors (Lipinski definition) is 0. The van der Waals surface area contributed by atoms with Crippen molar-refractivity contribution < 1.29 is 0 Å². The minimum atomic E-state index is -1.93. The molecular weight excluding hydrogens is 463 g/mol. The minimum Gasteiger partial charge on any atom is -0.0985 e. The molecule has 196 valence electrons. The number of rotatable bonds is 13. The number of hydrogen-bond donors (Lipinski definition) is 0. The first-order chi connectivity index (χ1) is 17.7. The smallest absolute Gasteiger partial charge is 0.0985 e. The van der Waals surface area contributed by atoms with Crippen molar-refractivity contribution in [2.24, 2.45) is 10.8 Å². The van der Waals surface area contributed by atoms with Gasteiger partial charge in [0.2, 0.25) is 0 Å². The summed E-state index contributed by atoms with van der Waals surface area (Å²) in [6, 6.07) is 31.8. The average molecular weight is 512 g/mol. The van der Waals surface area contributed by atoms with Crippen LogP contribution in [0.1, 0.15) is 79.2 Å². The van der Waals surface area contributed by atoms with Crippen LogP contribution in [0.25, 0.3) is 6.08 Å². The van der Waals surface area contributed by atoms with E-state index < -0.39 is 7.26 Å². The van der Waals surface area contributed by atoms with Crippen LogP contribution in [-0.2, 0) is 0 Å². The van der Waals surface area contributed by atoms with E-state index in [1.165, 1.54) is 40.7 Å². The molecule has 0 aromatic heterocycles. The van der Waals surface area contributed by atoms with E-state index in [1.54, 1.807) is 5.57 Å². The lowest BCUT2D eigenvalue weighted by molar-refractivity contribution is 0.323. The fraction of sp³-hybridized carbons (Fsp3) is 0.389. The zero-order valence-electron chi connectivity index (χ0n) is 24.1. The zero-order valence-corrected chi connectivity index (χ0v) is 25.0. The van der Waals surface area contributed by atoms with E-state index >= 15 is 0 Å². The molecule has 0 unspecified atom stereocenters. The van der Waals surface area contributed by atoms with Crippen molar-refractivity contribution in [3.05, 3.63) is 109 Å². The van der Waals surface area contributed by atoms with Crippen molar-refractivity contribution in [2.45, 2.75) is 73.6 Å². The Morgan fingerprint density at radius 1 is 0.703 bits per heavy atom. The average Bonchev–Trinajstić information content (AvgIpc) is 2.92. The van der Waals surface area contributed by atoms with Gasteiger partial charge < -0.3 is 0 Å². The number of benzene rings is 3. The summed E-state index contributed by atoms with van der Waals surface area (Å²) in [5.41, 5.74) is 3.45. The van der Waals surface area contributed by atoms with Crippen LogP contribution in [0.15, 0.2) is 103 Å². The Bertz CT molecular complexity index is 1090. The molecule has 0 saturated heterocycles. The molecule has 0 aliphatic carbocycles. The summed E-state index contributed by atoms with van der Waals surface area (Å²) in [7, 11) is -1.93. The predicted molar refractivity (Wildman–Crippen MR) is 170 cm³/mol. The summed E-state index contributed by atoms with van der Waals surface area (Å²) in [4.78, 5) is 0. The molecule has 0 atom stereocenters. The molecule has 0 saturated carbocycles. The Morgan fingerprint density at radius 3 is 1.65 bits per heavy atom. The Kier molecular flexibility index (Phi) is 10.1. The first-order valence-electron chi connectivity index (χ1n) is 14.1. The van der Waals surface area contributed by atoms with E-state index in [1.807, 2.05) is 6.08 Å². The van der Waals surface area contributed by atoms with Crippen LogP contribution in [0, 0.1) is 10.8 Å². The molecule has 0 bridgehead atoms. The van der Waals surface area contributed by atoms with Gasteiger partial charge in [-0.25, -0.2) is 0 Å². The first-order valence-corrected chi connectivity index (χ1v) is 16.0. The van der Waals surface area contributed by atoms with Gasteiger partial charge in [-0.2, -0.15) is 0 Å². The summed E-state index contributed by atoms with van der Waals surface area (Å²) in [5, 5.41) is 4.37. The van der Waals surface area contributed by atoms with Crippen LogP contribution < -0.4 is 15.9 Å². The monoisotopic (exact) mass is 511 g/mol. The highest BCUT2D eigenvalue weighted by Crippen LogP contribution is 2.57. The van der Waals surface area contributed by atoms with E-state index in [2.05, 4.69) is 139 Å². The highest BCUT2D eigenvalue weighted by molar-refractivity contribution is 7.95. The summed E-state index contributed by atoms with van der Waals surface area (Å²) in [6.07, 6.45) is 11.6. The van der Waals surface area contributed by atoms with Crippen LogP contribution in [0.3, 0.4) is 0 Å². The maximum atomic E-state index is 4.00. The molecule has 37 heavy (non-hydrogen) atoms. The van der Waals surface area contributed by atoms with E-state index in [-0.39, 0.29) is 5.41 Å². The molecule has 0 amide bonds. The predicted octanol–water partition coefficient (Wildman–Crippen LogP) is 9.59. The third kappa shape index (κ3) is 7.55. The van der Waals surface area contributed by atoms with Gasteiger partial charge in [0.15, 0.2) is 0 Å². The molecule has 1 heteroatoms. The van der Waals surface area contributed by atoms with E-state index in [9.17, 15) is 0 Å². The van der Waals surface area contributed by atoms with Crippen molar-refractivity contribution in [1.29, 1.82) is 0 Å². The summed E-state index contributed by atoms with van der Waals surface area (Å²) in [6.45, 7) is 18.3. The zero-order chi connectivity index (χ0) is 26.9. The van der Waals surface area contributed by atoms with Crippen LogP contribution in [0.2, 0.25) is 0 Å². The fourth-order valence-corrected chi connectivity index (χ4v) is 9.34. The maximum absolute atomic E-state index is 4.00. The van der Waals surface area contributed by atoms with Crippen LogP contribution in [0.5, 0.6) is 0 Å². The van der Waals surface area contributed by atoms with Gasteiger partial charge in [-0.15, -0.1) is 0 Å². The molecule has 0 spiro atoms. The topological polar surface area (TPSA) is 0 Å². The van der Waals surface area contributed by atoms with Crippen molar-refractivity contribution in [2.75, 3.05) is 6.16 Å². The second-order valence-electron chi connectivity index (χ2n) is 12.0. The van der Waals surface area contributed by atoms with Crippen LogP contribution in [0.4, 0.5) is 0 Å². The van der Waals surface area contributed by atoms with Gasteiger partial charge in [0.05, 0.1) is 6.16 Å². The Morgan fingerprint density at radius 2 is 1.19 bits per heavy atom. The number of allylic oxidation sites excluding steroid dienone is 2. The molecular formula is C36H48P+. The van der Waals surface area contributed by atoms with Gasteiger partial charge in [0.1, 0.15) is 23.2 Å². The summed E-state index contributed by atoms with van der Waals surface area (Å²) >= 11 is 0. The van der Waals surface area contributed by atoms with Crippen LogP contribution >= 0.6 is 7.26 Å². The minimum absolute atomic E-state index is 0.280. The molecule has 3 rings (SSSR count). The first kappa shape index (κ1) is 29.1. The second kappa shape index (κ2) is 12.9. The van der Waals surface area contributed by atoms with Gasteiger partial charge in [-0.05, 0) is 77.6 Å². The molecule has 3 aromatic rings. The van der Waals surface area contributed by atoms with E-state index in [0.717, 1.165) is 19.0 Å². The van der Waals surface area contributed by atoms with Crippen molar-refractivity contribution >= 4 is 29.3 Å². The normalized spacial score (nSPS) is 13.0. The molecule has 0 radical (unpaired) electrons. The molecule has 0 N–H and O–H groups in total. The Balaban J connectivity index is 2.22. The van der Waals surface area contributed by atoms with Crippen molar-refractivity contribution in [3.8, 4) is 0 Å². The molecule has 0 heterocycles. The molecule has 0 aliphatic heterocycles. The maximum Gasteiger partial charge on any atom is 0.116 e. The Hall–Kier alpha value is -2.43. The summed E-state index contributed by atoms with van der Waals surface area (Å²) < 4.78 is 0. The van der Waals surface area contributed by atoms with Crippen LogP contribution in [-0.4, -0.2) is 6.16 Å². The van der Waals surface area contributed by atoms with Gasteiger partial charge in [0.25, 0.3) is 0 Å². The largest absolute Gasteiger partial charge is 0.116 e. The van der Waals surface area contributed by atoms with E-state index in [0.29, 0.717) is 5.41 Å². The van der Waals surface area contributed by atoms with Crippen molar-refractivity contribution in [1.82, 2.24) is 0 Å². The second-order valence-corrected chi connectivity index (χ2v) is 15.5. The molecule has 0 fully saturated rings. The standard InChI is InChI=1S/C36H48P/c1-8-30-23-25-34(26-24-30)37(32-19-13-11-14-20-32,33-21-15-12-16-22-33)29-31(28-36(6,7)10-3)18-17-27-35(4,5)9-2/h8,11-16,18-26H,1,9-10,17,27-29H2,2-7H3/q+1/b31-18-. The quantitative estimate of drug-likeness (QED) is 0.158. The Labute approximate surface area is 228 Å². The highest BCUT2D eigenvalue weighted by atomic mass is 31.2. The van der Waals surface area contributed by atoms with Gasteiger partial charge in [0, 0.05) is 0 Å². The molecule has 3 aromatic carbocycles. The van der Waals surface area contributed by atoms with Crippen molar-refractivity contribution in [3.63, 3.8) is 0 Å². The lowest BCUT2D eigenvalue weighted by Gasteiger charge is -2.32. The lowest BCUT2D eigenvalue weighted by Crippen LogP contribution is -2.34. The third-order valence-electron chi connectivity index (χ3n) is 8.28. The molecule has 0 aliphatic rings. The van der Waals surface area contributed by atoms with Gasteiger partial charge >= 0.3 is 0 Å². The fourth-order valence-electron chi connectivity index (χ4n) is 5.03. The molecule has 0 nitrogen and oxygen atoms in total. The third-order valence-corrected chi connectivity index (χ3v) is 12.7. The lowest BCUT2D eigenvalue weighted by atomic mass is 9.82.